The van der Waals surface area contributed by atoms with Gasteiger partial charge in [-0.1, -0.05) is 27.7 Å². The number of rotatable bonds is 1. The molecule has 0 saturated heterocycles. The second-order valence-electron chi connectivity index (χ2n) is 5.04. The van der Waals surface area contributed by atoms with Crippen molar-refractivity contribution >= 4 is 0 Å². The van der Waals surface area contributed by atoms with Crippen LogP contribution in [0.3, 0.4) is 0 Å². The summed E-state index contributed by atoms with van der Waals surface area (Å²) < 4.78 is 1.19. The second kappa shape index (κ2) is 3.60. The minimum atomic E-state index is 0.224. The van der Waals surface area contributed by atoms with Crippen LogP contribution >= 0.6 is 0 Å². The van der Waals surface area contributed by atoms with Gasteiger partial charge in [0.15, 0.2) is 0 Å². The van der Waals surface area contributed by atoms with Crippen molar-refractivity contribution < 1.29 is 9.94 Å². The third-order valence-electron chi connectivity index (χ3n) is 2.95. The predicted molar refractivity (Wildman–Crippen MR) is 56.4 cm³/mol. The summed E-state index contributed by atoms with van der Waals surface area (Å²) in [7, 11) is 0. The summed E-state index contributed by atoms with van der Waals surface area (Å²) in [6, 6.07) is 4.02. The Hall–Kier alpha value is -1.05. The van der Waals surface area contributed by atoms with E-state index in [4.69, 9.17) is 0 Å². The smallest absolute Gasteiger partial charge is 0.231 e. The Morgan fingerprint density at radius 3 is 2.29 bits per heavy atom. The summed E-state index contributed by atoms with van der Waals surface area (Å²) in [5.41, 5.74) is 2.25. The third kappa shape index (κ3) is 2.25. The van der Waals surface area contributed by atoms with Gasteiger partial charge in [-0.3, -0.25) is 5.21 Å². The van der Waals surface area contributed by atoms with E-state index in [-0.39, 0.29) is 5.41 Å². The molecule has 1 aromatic rings. The molecule has 2 nitrogen and oxygen atoms in total. The number of hydrogen-bond donors (Lipinski definition) is 1. The lowest BCUT2D eigenvalue weighted by Crippen LogP contribution is -2.34. The van der Waals surface area contributed by atoms with Crippen LogP contribution in [0, 0.1) is 12.3 Å². The quantitative estimate of drug-likeness (QED) is 0.539. The molecular formula is C12H20NO+. The summed E-state index contributed by atoms with van der Waals surface area (Å²) in [4.78, 5) is 0. The first kappa shape index (κ1) is 11.0. The van der Waals surface area contributed by atoms with Crippen molar-refractivity contribution in [3.63, 3.8) is 0 Å². The molecule has 0 spiro atoms. The van der Waals surface area contributed by atoms with Crippen molar-refractivity contribution in [1.82, 2.24) is 0 Å². The van der Waals surface area contributed by atoms with Crippen LogP contribution in [-0.4, -0.2) is 5.21 Å². The van der Waals surface area contributed by atoms with Gasteiger partial charge in [-0.25, -0.2) is 0 Å². The first-order valence-electron chi connectivity index (χ1n) is 5.04. The Morgan fingerprint density at radius 1 is 1.29 bits per heavy atom. The van der Waals surface area contributed by atoms with E-state index in [1.165, 1.54) is 10.3 Å². The van der Waals surface area contributed by atoms with Crippen LogP contribution in [-0.2, 0) is 0 Å². The zero-order chi connectivity index (χ0) is 10.9. The lowest BCUT2D eigenvalue weighted by molar-refractivity contribution is -0.909. The van der Waals surface area contributed by atoms with E-state index in [0.29, 0.717) is 5.92 Å². The Balaban J connectivity index is 3.03. The van der Waals surface area contributed by atoms with E-state index in [9.17, 15) is 5.21 Å². The van der Waals surface area contributed by atoms with Gasteiger partial charge in [-0.05, 0) is 17.4 Å². The van der Waals surface area contributed by atoms with Crippen LogP contribution in [0.5, 0.6) is 0 Å². The molecule has 78 valence electrons. The molecule has 0 radical (unpaired) electrons. The fourth-order valence-corrected chi connectivity index (χ4v) is 1.34. The van der Waals surface area contributed by atoms with Gasteiger partial charge in [0.1, 0.15) is 0 Å². The van der Waals surface area contributed by atoms with Gasteiger partial charge in [0.05, 0.1) is 0 Å². The molecule has 1 aromatic heterocycles. The zero-order valence-corrected chi connectivity index (χ0v) is 9.70. The Morgan fingerprint density at radius 2 is 1.86 bits per heavy atom. The van der Waals surface area contributed by atoms with E-state index >= 15 is 0 Å². The molecule has 2 heteroatoms. The normalized spacial score (nSPS) is 14.1. The van der Waals surface area contributed by atoms with Crippen molar-refractivity contribution in [1.29, 1.82) is 0 Å². The molecule has 1 N–H and O–H groups in total. The monoisotopic (exact) mass is 194 g/mol. The maximum absolute atomic E-state index is 9.53. The fraction of sp³-hybridized carbons (Fsp3) is 0.583. The Bertz CT molecular complexity index is 326. The van der Waals surface area contributed by atoms with Gasteiger partial charge >= 0.3 is 0 Å². The SMILES string of the molecule is Cc1ccc([C@@H](C)C(C)(C)C)c[n+]1O. The van der Waals surface area contributed by atoms with Crippen LogP contribution in [0.25, 0.3) is 0 Å². The first-order valence-corrected chi connectivity index (χ1v) is 5.04. The van der Waals surface area contributed by atoms with Crippen molar-refractivity contribution in [3.05, 3.63) is 29.6 Å². The summed E-state index contributed by atoms with van der Waals surface area (Å²) >= 11 is 0. The lowest BCUT2D eigenvalue weighted by Gasteiger charge is -2.26. The van der Waals surface area contributed by atoms with Crippen LogP contribution in [0.2, 0.25) is 0 Å². The maximum atomic E-state index is 9.53. The molecule has 0 fully saturated rings. The van der Waals surface area contributed by atoms with Crippen molar-refractivity contribution in [2.75, 3.05) is 0 Å². The van der Waals surface area contributed by atoms with Gasteiger partial charge in [-0.2, -0.15) is 0 Å². The average Bonchev–Trinajstić information content (AvgIpc) is 2.07. The van der Waals surface area contributed by atoms with Gasteiger partial charge in [-0.15, -0.1) is 0 Å². The van der Waals surface area contributed by atoms with Gasteiger partial charge in [0, 0.05) is 23.3 Å². The molecular weight excluding hydrogens is 174 g/mol. The molecule has 0 aliphatic rings. The molecule has 14 heavy (non-hydrogen) atoms. The van der Waals surface area contributed by atoms with Gasteiger partial charge in [0.25, 0.3) is 0 Å². The van der Waals surface area contributed by atoms with Crippen LogP contribution in [0.1, 0.15) is 44.9 Å². The van der Waals surface area contributed by atoms with E-state index in [1.807, 2.05) is 13.0 Å². The summed E-state index contributed by atoms with van der Waals surface area (Å²) in [6.45, 7) is 10.7. The van der Waals surface area contributed by atoms with E-state index in [0.717, 1.165) is 5.69 Å². The standard InChI is InChI=1S/C12H20NO/c1-9-6-7-11(8-13(9)14)10(2)12(3,4)5/h6-8,10,14H,1-5H3/q+1/t10-/m1/s1. The fourth-order valence-electron chi connectivity index (χ4n) is 1.34. The van der Waals surface area contributed by atoms with Gasteiger partial charge in [0.2, 0.25) is 11.9 Å². The topological polar surface area (TPSA) is 24.1 Å². The Kier molecular flexibility index (Phi) is 2.84. The van der Waals surface area contributed by atoms with Crippen molar-refractivity contribution in [3.8, 4) is 0 Å². The van der Waals surface area contributed by atoms with Crippen LogP contribution < -0.4 is 4.73 Å². The molecule has 0 aliphatic heterocycles. The minimum absolute atomic E-state index is 0.224. The van der Waals surface area contributed by atoms with E-state index in [2.05, 4.69) is 33.8 Å². The van der Waals surface area contributed by atoms with Crippen LogP contribution in [0.15, 0.2) is 18.3 Å². The summed E-state index contributed by atoms with van der Waals surface area (Å²) in [5.74, 6) is 0.432. The minimum Gasteiger partial charge on any atom is -0.285 e. The van der Waals surface area contributed by atoms with Gasteiger partial charge < -0.3 is 0 Å². The highest BCUT2D eigenvalue weighted by Gasteiger charge is 2.24. The second-order valence-corrected chi connectivity index (χ2v) is 5.04. The summed E-state index contributed by atoms with van der Waals surface area (Å²) in [6.07, 6.45) is 1.80. The van der Waals surface area contributed by atoms with Crippen molar-refractivity contribution in [2.24, 2.45) is 5.41 Å². The number of aryl methyl sites for hydroxylation is 1. The molecule has 0 aliphatic carbocycles. The molecule has 0 aromatic carbocycles. The van der Waals surface area contributed by atoms with E-state index < -0.39 is 0 Å². The highest BCUT2D eigenvalue weighted by molar-refractivity contribution is 5.15. The molecule has 0 unspecified atom stereocenters. The molecule has 0 bridgehead atoms. The highest BCUT2D eigenvalue weighted by atomic mass is 16.5. The predicted octanol–water partition coefficient (Wildman–Crippen LogP) is 2.67. The third-order valence-corrected chi connectivity index (χ3v) is 2.95. The maximum Gasteiger partial charge on any atom is 0.231 e. The molecule has 0 amide bonds. The first-order chi connectivity index (χ1) is 6.32. The van der Waals surface area contributed by atoms with Crippen LogP contribution in [0.4, 0.5) is 0 Å². The van der Waals surface area contributed by atoms with Crippen molar-refractivity contribution in [2.45, 2.75) is 40.5 Å². The largest absolute Gasteiger partial charge is 0.285 e. The molecule has 1 atom stereocenters. The lowest BCUT2D eigenvalue weighted by atomic mass is 9.78. The molecule has 1 rings (SSSR count). The van der Waals surface area contributed by atoms with E-state index in [1.54, 1.807) is 6.20 Å². The average molecular weight is 194 g/mol. The zero-order valence-electron chi connectivity index (χ0n) is 9.70. The number of hydrogen-bond acceptors (Lipinski definition) is 1. The Labute approximate surface area is 86.2 Å². The number of nitrogens with zero attached hydrogens (tertiary/aromatic N) is 1. The molecule has 1 heterocycles. The highest BCUT2D eigenvalue weighted by Crippen LogP contribution is 2.33. The molecule has 0 saturated carbocycles. The number of pyridine rings is 1. The number of aromatic nitrogens is 1. The summed E-state index contributed by atoms with van der Waals surface area (Å²) in [5, 5.41) is 9.53.